The van der Waals surface area contributed by atoms with Crippen molar-refractivity contribution in [2.75, 3.05) is 0 Å². The van der Waals surface area contributed by atoms with E-state index in [0.29, 0.717) is 28.2 Å². The van der Waals surface area contributed by atoms with Crippen LogP contribution in [0.2, 0.25) is 0 Å². The summed E-state index contributed by atoms with van der Waals surface area (Å²) in [5, 5.41) is 11.4. The third-order valence-corrected chi connectivity index (χ3v) is 4.13. The van der Waals surface area contributed by atoms with Crippen LogP contribution in [0.5, 0.6) is 0 Å². The number of thiophene rings is 1. The van der Waals surface area contributed by atoms with Crippen molar-refractivity contribution in [2.24, 2.45) is 0 Å². The Hall–Kier alpha value is -2.39. The van der Waals surface area contributed by atoms with E-state index < -0.39 is 0 Å². The lowest BCUT2D eigenvalue weighted by atomic mass is 10.2. The van der Waals surface area contributed by atoms with Crippen molar-refractivity contribution in [1.82, 2.24) is 9.55 Å². The highest BCUT2D eigenvalue weighted by Gasteiger charge is 2.17. The molecule has 0 aliphatic heterocycles. The van der Waals surface area contributed by atoms with Crippen molar-refractivity contribution < 1.29 is 4.42 Å². The van der Waals surface area contributed by atoms with Crippen molar-refractivity contribution in [3.05, 3.63) is 40.0 Å². The number of hydrogen-bond donors (Lipinski definition) is 0. The molecule has 0 aromatic carbocycles. The van der Waals surface area contributed by atoms with Crippen LogP contribution in [0.25, 0.3) is 21.5 Å². The van der Waals surface area contributed by atoms with Crippen molar-refractivity contribution >= 4 is 21.6 Å². The van der Waals surface area contributed by atoms with Crippen molar-refractivity contribution in [2.45, 2.75) is 26.3 Å². The molecule has 0 atom stereocenters. The van der Waals surface area contributed by atoms with Crippen LogP contribution in [0.3, 0.4) is 0 Å². The average Bonchev–Trinajstić information content (AvgIpc) is 3.11. The number of hydrogen-bond acceptors (Lipinski definition) is 5. The number of aromatic nitrogens is 2. The van der Waals surface area contributed by atoms with E-state index in [4.69, 9.17) is 9.68 Å². The molecule has 0 saturated heterocycles. The maximum absolute atomic E-state index is 12.7. The molecule has 3 heterocycles. The summed E-state index contributed by atoms with van der Waals surface area (Å²) in [4.78, 5) is 18.0. The molecule has 0 bridgehead atoms. The van der Waals surface area contributed by atoms with Gasteiger partial charge in [-0.25, -0.2) is 4.98 Å². The van der Waals surface area contributed by atoms with Gasteiger partial charge in [-0.05, 0) is 18.6 Å². The summed E-state index contributed by atoms with van der Waals surface area (Å²) in [6, 6.07) is 5.64. The molecule has 3 aromatic heterocycles. The molecule has 0 N–H and O–H groups in total. The molecule has 3 rings (SSSR count). The molecule has 6 heteroatoms. The second kappa shape index (κ2) is 5.54. The van der Waals surface area contributed by atoms with E-state index in [-0.39, 0.29) is 12.1 Å². The Bertz CT molecular complexity index is 869. The molecule has 106 valence electrons. The minimum atomic E-state index is -0.169. The van der Waals surface area contributed by atoms with Gasteiger partial charge in [0, 0.05) is 17.4 Å². The Labute approximate surface area is 125 Å². The minimum absolute atomic E-state index is 0.0184. The van der Waals surface area contributed by atoms with E-state index in [1.165, 1.54) is 15.9 Å². The summed E-state index contributed by atoms with van der Waals surface area (Å²) < 4.78 is 6.85. The van der Waals surface area contributed by atoms with Gasteiger partial charge in [0.1, 0.15) is 23.0 Å². The molecular weight excluding hydrogens is 286 g/mol. The van der Waals surface area contributed by atoms with E-state index in [2.05, 4.69) is 4.98 Å². The van der Waals surface area contributed by atoms with Crippen LogP contribution in [0.1, 0.15) is 19.2 Å². The zero-order valence-electron chi connectivity index (χ0n) is 11.5. The molecule has 0 saturated carbocycles. The van der Waals surface area contributed by atoms with Gasteiger partial charge >= 0.3 is 0 Å². The summed E-state index contributed by atoms with van der Waals surface area (Å²) >= 11 is 1.43. The predicted octanol–water partition coefficient (Wildman–Crippen LogP) is 3.19. The van der Waals surface area contributed by atoms with Gasteiger partial charge in [0.25, 0.3) is 5.56 Å². The molecule has 0 unspecified atom stereocenters. The summed E-state index contributed by atoms with van der Waals surface area (Å²) in [5.74, 6) is 1.32. The second-order valence-corrected chi connectivity index (χ2v) is 5.49. The molecule has 3 aromatic rings. The SMILES string of the molecule is CCCc1nc2scc(-c3ccco3)c2c(=O)n1CC#N. The van der Waals surface area contributed by atoms with Gasteiger partial charge in [-0.2, -0.15) is 5.26 Å². The smallest absolute Gasteiger partial charge is 0.263 e. The molecular formula is C15H13N3O2S. The van der Waals surface area contributed by atoms with Crippen LogP contribution >= 0.6 is 11.3 Å². The highest BCUT2D eigenvalue weighted by molar-refractivity contribution is 7.17. The summed E-state index contributed by atoms with van der Waals surface area (Å²) in [5.41, 5.74) is 0.574. The van der Waals surface area contributed by atoms with Crippen LogP contribution in [0.4, 0.5) is 0 Å². The Kier molecular flexibility index (Phi) is 3.59. The second-order valence-electron chi connectivity index (χ2n) is 4.63. The summed E-state index contributed by atoms with van der Waals surface area (Å²) in [7, 11) is 0. The molecule has 5 nitrogen and oxygen atoms in total. The maximum atomic E-state index is 12.7. The third kappa shape index (κ3) is 2.26. The Balaban J connectivity index is 2.31. The first-order valence-corrected chi connectivity index (χ1v) is 7.56. The molecule has 0 radical (unpaired) electrons. The lowest BCUT2D eigenvalue weighted by Gasteiger charge is -2.08. The van der Waals surface area contributed by atoms with E-state index in [1.54, 1.807) is 12.3 Å². The molecule has 0 amide bonds. The zero-order valence-corrected chi connectivity index (χ0v) is 12.3. The first kappa shape index (κ1) is 13.6. The first-order valence-electron chi connectivity index (χ1n) is 6.68. The quantitative estimate of drug-likeness (QED) is 0.741. The van der Waals surface area contributed by atoms with E-state index in [1.807, 2.05) is 24.4 Å². The normalized spacial score (nSPS) is 10.9. The lowest BCUT2D eigenvalue weighted by Crippen LogP contribution is -2.24. The van der Waals surface area contributed by atoms with Crippen LogP contribution in [-0.2, 0) is 13.0 Å². The third-order valence-electron chi connectivity index (χ3n) is 3.26. The number of fused-ring (bicyclic) bond motifs is 1. The molecule has 21 heavy (non-hydrogen) atoms. The summed E-state index contributed by atoms with van der Waals surface area (Å²) in [6.07, 6.45) is 3.13. The highest BCUT2D eigenvalue weighted by atomic mass is 32.1. The fraction of sp³-hybridized carbons (Fsp3) is 0.267. The zero-order chi connectivity index (χ0) is 14.8. The van der Waals surface area contributed by atoms with E-state index >= 15 is 0 Å². The number of aryl methyl sites for hydroxylation is 1. The highest BCUT2D eigenvalue weighted by Crippen LogP contribution is 2.31. The Morgan fingerprint density at radius 2 is 2.38 bits per heavy atom. The van der Waals surface area contributed by atoms with Gasteiger partial charge in [0.2, 0.25) is 0 Å². The Morgan fingerprint density at radius 1 is 1.52 bits per heavy atom. The fourth-order valence-corrected chi connectivity index (χ4v) is 3.26. The van der Waals surface area contributed by atoms with Crippen molar-refractivity contribution in [3.8, 4) is 17.4 Å². The van der Waals surface area contributed by atoms with Crippen LogP contribution in [-0.4, -0.2) is 9.55 Å². The summed E-state index contributed by atoms with van der Waals surface area (Å²) in [6.45, 7) is 2.04. The predicted molar refractivity (Wildman–Crippen MR) is 81.2 cm³/mol. The molecule has 0 aliphatic carbocycles. The van der Waals surface area contributed by atoms with Gasteiger partial charge in [-0.3, -0.25) is 9.36 Å². The number of rotatable bonds is 4. The van der Waals surface area contributed by atoms with Crippen molar-refractivity contribution in [3.63, 3.8) is 0 Å². The first-order chi connectivity index (χ1) is 10.3. The largest absolute Gasteiger partial charge is 0.464 e. The van der Waals surface area contributed by atoms with Crippen LogP contribution in [0.15, 0.2) is 33.0 Å². The fourth-order valence-electron chi connectivity index (χ4n) is 2.33. The van der Waals surface area contributed by atoms with E-state index in [0.717, 1.165) is 12.0 Å². The van der Waals surface area contributed by atoms with E-state index in [9.17, 15) is 4.79 Å². The number of nitriles is 1. The van der Waals surface area contributed by atoms with Crippen molar-refractivity contribution in [1.29, 1.82) is 5.26 Å². The van der Waals surface area contributed by atoms with Gasteiger partial charge in [-0.1, -0.05) is 6.92 Å². The van der Waals surface area contributed by atoms with Gasteiger partial charge in [0.15, 0.2) is 0 Å². The molecule has 0 fully saturated rings. The monoisotopic (exact) mass is 299 g/mol. The maximum Gasteiger partial charge on any atom is 0.263 e. The van der Waals surface area contributed by atoms with Gasteiger partial charge < -0.3 is 4.42 Å². The lowest BCUT2D eigenvalue weighted by molar-refractivity contribution is 0.583. The molecule has 0 aliphatic rings. The number of nitrogens with zero attached hydrogens (tertiary/aromatic N) is 3. The molecule has 0 spiro atoms. The Morgan fingerprint density at radius 3 is 3.05 bits per heavy atom. The topological polar surface area (TPSA) is 71.8 Å². The van der Waals surface area contributed by atoms with Gasteiger partial charge in [0.05, 0.1) is 17.7 Å². The standard InChI is InChI=1S/C15H13N3O2S/c1-2-4-12-17-14-13(15(19)18(12)7-6-16)10(9-21-14)11-5-3-8-20-11/h3,5,8-9H,2,4,7H2,1H3. The van der Waals surface area contributed by atoms with Gasteiger partial charge in [-0.15, -0.1) is 11.3 Å². The minimum Gasteiger partial charge on any atom is -0.464 e. The average molecular weight is 299 g/mol. The van der Waals surface area contributed by atoms with Crippen LogP contribution in [0, 0.1) is 11.3 Å². The number of furan rings is 1. The van der Waals surface area contributed by atoms with Crippen LogP contribution < -0.4 is 5.56 Å².